The molecule has 1 atom stereocenters. The minimum atomic E-state index is -3.90. The molecule has 2 aliphatic rings. The van der Waals surface area contributed by atoms with Crippen molar-refractivity contribution in [3.05, 3.63) is 455 Å². The summed E-state index contributed by atoms with van der Waals surface area (Å²) in [6, 6.07) is 156. The number of fused-ring (bicyclic) bond motifs is 35. The van der Waals surface area contributed by atoms with Crippen LogP contribution in [-0.2, 0) is 20.6 Å². The van der Waals surface area contributed by atoms with E-state index in [4.69, 9.17) is 44.9 Å². The zero-order chi connectivity index (χ0) is 95.4. The van der Waals surface area contributed by atoms with Gasteiger partial charge in [-0.1, -0.05) is 273 Å². The van der Waals surface area contributed by atoms with Crippen LogP contribution in [0.15, 0.2) is 475 Å². The third-order valence-corrected chi connectivity index (χ3v) is 34.1. The van der Waals surface area contributed by atoms with Crippen LogP contribution in [0.3, 0.4) is 0 Å². The maximum atomic E-state index is 14.7. The third kappa shape index (κ3) is 13.6. The van der Waals surface area contributed by atoms with Gasteiger partial charge < -0.3 is 0 Å². The first kappa shape index (κ1) is 84.1. The number of aromatic nitrogens is 9. The molecule has 12 nitrogen and oxygen atoms in total. The van der Waals surface area contributed by atoms with E-state index in [-0.39, 0.29) is 19.4 Å². The van der Waals surface area contributed by atoms with E-state index < -0.39 is 20.6 Å². The fourth-order valence-electron chi connectivity index (χ4n) is 22.0. The fourth-order valence-corrected chi connectivity index (χ4v) is 27.9. The first-order valence-electron chi connectivity index (χ1n) is 47.9. The van der Waals surface area contributed by atoms with Crippen LogP contribution in [0.1, 0.15) is 0 Å². The average Bonchev–Trinajstić information content (AvgIpc) is 1.55. The molecule has 0 saturated carbocycles. The van der Waals surface area contributed by atoms with Crippen LogP contribution in [0.25, 0.3) is 273 Å². The summed E-state index contributed by atoms with van der Waals surface area (Å²) in [5.74, 6) is 5.25. The molecule has 144 heavy (non-hydrogen) atoms. The Kier molecular flexibility index (Phi) is 19.8. The van der Waals surface area contributed by atoms with E-state index in [0.29, 0.717) is 68.4 Å². The van der Waals surface area contributed by atoms with Gasteiger partial charge in [-0.05, 0) is 117 Å². The first-order chi connectivity index (χ1) is 71.1. The predicted molar refractivity (Wildman–Crippen MR) is 591 cm³/mol. The van der Waals surface area contributed by atoms with E-state index >= 15 is 0 Å². The molecular formula is C129H75N9O3S2Se. The van der Waals surface area contributed by atoms with Crippen molar-refractivity contribution < 1.29 is 12.6 Å². The third-order valence-electron chi connectivity index (χ3n) is 28.4. The van der Waals surface area contributed by atoms with Crippen LogP contribution >= 0.6 is 0 Å². The second kappa shape index (κ2) is 34.0. The second-order valence-corrected chi connectivity index (χ2v) is 41.9. The number of nitrogens with zero attached hydrogens (tertiary/aromatic N) is 9. The SMILES string of the molecule is O=S1(=O)c2cc3c4ccccc4c4ccccc4c3cc2-c2c1cc(-c1nc(-c3ccccc3)nc(-c3ccccc3)n1)c1ccccc21.O=S1c2cc(-c3nc(-c4ccccc4)nc(-c4ccccc4)n3)c3ccccc3c2-c2c1ccc1c3ccccc3c3ccccc3c21.c1ccc(-c2nc(-c3ccccc3)nc(-c3cc4[se]c5c(ccc6c7ccccc7c7ccccc7c65)c4c4ccccc34)n2)cc1. The number of rotatable bonds is 9. The van der Waals surface area contributed by atoms with Crippen LogP contribution in [0.4, 0.5) is 0 Å². The molecule has 0 spiro atoms. The Morgan fingerprint density at radius 3 is 0.833 bits per heavy atom. The van der Waals surface area contributed by atoms with Gasteiger partial charge in [0.15, 0.2) is 34.9 Å². The Morgan fingerprint density at radius 1 is 0.181 bits per heavy atom. The molecule has 0 radical (unpaired) electrons. The quantitative estimate of drug-likeness (QED) is 0.0992. The normalized spacial score (nSPS) is 12.9. The molecule has 4 aromatic heterocycles. The van der Waals surface area contributed by atoms with Crippen molar-refractivity contribution in [3.63, 3.8) is 0 Å². The van der Waals surface area contributed by atoms with Crippen molar-refractivity contribution in [1.29, 1.82) is 0 Å². The Bertz CT molecular complexity index is 10200. The molecule has 6 heterocycles. The number of sulfone groups is 1. The molecule has 0 amide bonds. The van der Waals surface area contributed by atoms with Crippen LogP contribution < -0.4 is 0 Å². The predicted octanol–water partition coefficient (Wildman–Crippen LogP) is 31.8. The first-order valence-corrected chi connectivity index (χ1v) is 52.2. The Hall–Kier alpha value is -18.0. The van der Waals surface area contributed by atoms with Gasteiger partial charge in [-0.15, -0.1) is 0 Å². The zero-order valence-electron chi connectivity index (χ0n) is 76.8. The molecule has 0 aliphatic carbocycles. The van der Waals surface area contributed by atoms with E-state index in [9.17, 15) is 12.6 Å². The monoisotopic (exact) mass is 1940 g/mol. The molecule has 0 N–H and O–H groups in total. The van der Waals surface area contributed by atoms with Crippen LogP contribution in [0.5, 0.6) is 0 Å². The number of benzene rings is 24. The fraction of sp³-hybridized carbons (Fsp3) is 0. The Balaban J connectivity index is 0.000000105. The van der Waals surface area contributed by atoms with E-state index in [1.54, 1.807) is 6.07 Å². The van der Waals surface area contributed by atoms with Crippen molar-refractivity contribution in [2.24, 2.45) is 0 Å². The molecular weight excluding hydrogens is 1870 g/mol. The summed E-state index contributed by atoms with van der Waals surface area (Å²) in [6.45, 7) is 0. The second-order valence-electron chi connectivity index (χ2n) is 36.4. The van der Waals surface area contributed by atoms with Gasteiger partial charge in [0, 0.05) is 55.6 Å². The van der Waals surface area contributed by atoms with E-state index in [0.717, 1.165) is 136 Å². The molecule has 0 saturated heterocycles. The standard InChI is InChI=1S/C43H25N3O2S.C43H25N3OS.C43H25N3Se/c47-49(48)38-24-35-31-20-10-8-18-29(31)28-17-7-9-19-30(28)34(35)23-37(38)40-33-22-12-11-21-32(33)36(25-39(40)49)43-45-41(26-13-3-1-4-14-26)44-42(46-43)27-15-5-2-6-16-27;47-48-36-24-23-34-30-19-8-7-17-28(30)29-18-9-11-21-32(29)38(34)40(36)39-33-22-12-10-20-31(33)35(25-37(39)48)43-45-41(26-13-3-1-4-14-26)44-42(46-43)27-15-5-2-6-16-27;1-3-13-26(14-4-1)41-44-42(27-15-5-2-6-16-27)46-43(45-41)36-25-37-38(32-21-11-10-20-31(32)36)35-24-23-34-30-19-8-7-17-28(30)29-18-9-12-22-33(29)39(34)40(35)47-37/h1-25H;1-25H;1-25H. The Morgan fingerprint density at radius 2 is 0.444 bits per heavy atom. The summed E-state index contributed by atoms with van der Waals surface area (Å²) in [4.78, 5) is 47.2. The summed E-state index contributed by atoms with van der Waals surface area (Å²) in [5.41, 5.74) is 11.5. The maximum absolute atomic E-state index is 14.7. The van der Waals surface area contributed by atoms with Crippen molar-refractivity contribution in [2.45, 2.75) is 19.6 Å². The zero-order valence-corrected chi connectivity index (χ0v) is 80.1. The molecule has 15 heteroatoms. The van der Waals surface area contributed by atoms with E-state index in [1.807, 2.05) is 206 Å². The number of hydrogen-bond donors (Lipinski definition) is 0. The molecule has 2 aliphatic heterocycles. The van der Waals surface area contributed by atoms with Crippen molar-refractivity contribution in [1.82, 2.24) is 44.9 Å². The molecule has 24 aromatic carbocycles. The van der Waals surface area contributed by atoms with Gasteiger partial charge >= 0.3 is 278 Å². The van der Waals surface area contributed by atoms with Crippen molar-refractivity contribution in [3.8, 4) is 125 Å². The van der Waals surface area contributed by atoms with Gasteiger partial charge in [-0.3, -0.25) is 0 Å². The topological polar surface area (TPSA) is 167 Å². The van der Waals surface area contributed by atoms with Gasteiger partial charge in [0.25, 0.3) is 0 Å². The molecule has 28 aromatic rings. The summed E-state index contributed by atoms with van der Waals surface area (Å²) in [7, 11) is -5.30. The minimum absolute atomic E-state index is 0.0890. The molecule has 0 fully saturated rings. The van der Waals surface area contributed by atoms with Gasteiger partial charge in [0.05, 0.1) is 30.4 Å². The van der Waals surface area contributed by atoms with Gasteiger partial charge in [-0.25, -0.2) is 42.5 Å². The van der Waals surface area contributed by atoms with Crippen LogP contribution in [0, 0.1) is 0 Å². The molecule has 0 bridgehead atoms. The summed E-state index contributed by atoms with van der Waals surface area (Å²) in [5, 5.41) is 30.2. The molecule has 1 unspecified atom stereocenters. The molecule has 672 valence electrons. The van der Waals surface area contributed by atoms with Crippen LogP contribution in [0.2, 0.25) is 0 Å². The summed E-state index contributed by atoms with van der Waals surface area (Å²) < 4.78 is 46.8. The average molecular weight is 1940 g/mol. The van der Waals surface area contributed by atoms with Crippen molar-refractivity contribution in [2.75, 3.05) is 0 Å². The molecule has 30 rings (SSSR count). The van der Waals surface area contributed by atoms with Gasteiger partial charge in [0.1, 0.15) is 0 Å². The summed E-state index contributed by atoms with van der Waals surface area (Å²) in [6.07, 6.45) is 0. The van der Waals surface area contributed by atoms with Gasteiger partial charge in [-0.2, -0.15) is 0 Å². The van der Waals surface area contributed by atoms with Gasteiger partial charge in [0.2, 0.25) is 9.84 Å². The van der Waals surface area contributed by atoms with E-state index in [1.165, 1.54) is 83.9 Å². The van der Waals surface area contributed by atoms with E-state index in [2.05, 4.69) is 243 Å². The van der Waals surface area contributed by atoms with Crippen molar-refractivity contribution >= 4 is 184 Å². The number of hydrogen-bond acceptors (Lipinski definition) is 12. The Labute approximate surface area is 833 Å². The summed E-state index contributed by atoms with van der Waals surface area (Å²) >= 11 is 0.0890. The van der Waals surface area contributed by atoms with Crippen LogP contribution in [-0.4, -0.2) is 72.0 Å².